The molecule has 0 heterocycles. The zero-order valence-corrected chi connectivity index (χ0v) is 6.49. The fourth-order valence-corrected chi connectivity index (χ4v) is 0. The second-order valence-electron chi connectivity index (χ2n) is 0.326. The molecule has 0 unspecified atom stereocenters. The van der Waals surface area contributed by atoms with Gasteiger partial charge in [-0.2, -0.15) is 0 Å². The first-order valence-corrected chi connectivity index (χ1v) is 0.752. The number of hydrogen-bond acceptors (Lipinski definition) is 3. The summed E-state index contributed by atoms with van der Waals surface area (Å²) in [6, 6.07) is 0. The first-order chi connectivity index (χ1) is 1.73. The van der Waals surface area contributed by atoms with Crippen molar-refractivity contribution < 1.29 is 56.1 Å². The van der Waals surface area contributed by atoms with Crippen LogP contribution < -0.4 is 5.02 Å². The molecule has 0 rings (SSSR count). The molecule has 0 spiro atoms. The van der Waals surface area contributed by atoms with Gasteiger partial charge in [0, 0.05) is 0 Å². The molecular weight excluding hydrogens is 214 g/mol. The van der Waals surface area contributed by atoms with Gasteiger partial charge in [0.05, 0.1) is 0 Å². The van der Waals surface area contributed by atoms with E-state index in [9.17, 15) is 0 Å². The van der Waals surface area contributed by atoms with E-state index in [0.717, 1.165) is 0 Å². The van der Waals surface area contributed by atoms with Crippen LogP contribution in [0.4, 0.5) is 0 Å². The van der Waals surface area contributed by atoms with Crippen molar-refractivity contribution in [2.24, 2.45) is 0 Å². The Balaban J connectivity index is -0.0000000450. The fourth-order valence-electron chi connectivity index (χ4n) is 0. The minimum absolute atomic E-state index is 0. The van der Waals surface area contributed by atoms with Crippen LogP contribution in [0.1, 0.15) is 0 Å². The molecule has 0 aliphatic heterocycles. The van der Waals surface area contributed by atoms with E-state index >= 15 is 0 Å². The molecule has 6 heteroatoms. The van der Waals surface area contributed by atoms with Gasteiger partial charge in [-0.05, 0) is 0 Å². The predicted molar refractivity (Wildman–Crippen MR) is 10.9 cm³/mol. The smallest absolute Gasteiger partial charge is 2.00 e. The molecule has 32 valence electrons. The van der Waals surface area contributed by atoms with E-state index in [4.69, 9.17) is 15.1 Å². The van der Waals surface area contributed by atoms with Crippen LogP contribution in [0.25, 0.3) is 0 Å². The van der Waals surface area contributed by atoms with E-state index in [1.165, 1.54) is 0 Å². The molecule has 4 nitrogen and oxygen atoms in total. The summed E-state index contributed by atoms with van der Waals surface area (Å²) in [4.78, 5) is 0. The molecule has 0 atom stereocenters. The SMILES string of the molecule is [La+3].[O-2].[O-]B(O)O. The Bertz CT molecular complexity index is 12.3. The summed E-state index contributed by atoms with van der Waals surface area (Å²) in [7, 11) is -2.42. The van der Waals surface area contributed by atoms with Crippen molar-refractivity contribution in [2.45, 2.75) is 0 Å². The molecule has 0 radical (unpaired) electrons. The third kappa shape index (κ3) is 70.9. The van der Waals surface area contributed by atoms with Crippen LogP contribution in [0.3, 0.4) is 0 Å². The van der Waals surface area contributed by atoms with E-state index in [2.05, 4.69) is 0 Å². The van der Waals surface area contributed by atoms with Crippen molar-refractivity contribution in [2.75, 3.05) is 0 Å². The van der Waals surface area contributed by atoms with Gasteiger partial charge in [0.1, 0.15) is 0 Å². The zero-order valence-electron chi connectivity index (χ0n) is 2.87. The van der Waals surface area contributed by atoms with Gasteiger partial charge >= 0.3 is 42.9 Å². The van der Waals surface area contributed by atoms with Crippen molar-refractivity contribution in [3.63, 3.8) is 0 Å². The van der Waals surface area contributed by atoms with Crippen LogP contribution >= 0.6 is 0 Å². The molecule has 6 heavy (non-hydrogen) atoms. The zero-order chi connectivity index (χ0) is 3.58. The maximum absolute atomic E-state index is 8.64. The van der Waals surface area contributed by atoms with E-state index < -0.39 is 7.32 Å². The second-order valence-corrected chi connectivity index (χ2v) is 0.326. The molecule has 0 amide bonds. The maximum Gasteiger partial charge on any atom is 3.00 e. The van der Waals surface area contributed by atoms with Gasteiger partial charge in [0.2, 0.25) is 0 Å². The van der Waals surface area contributed by atoms with Crippen LogP contribution in [0, 0.1) is 35.6 Å². The summed E-state index contributed by atoms with van der Waals surface area (Å²) in [5.74, 6) is 0. The van der Waals surface area contributed by atoms with Crippen molar-refractivity contribution in [1.82, 2.24) is 0 Å². The molecular formula is H2BLaO4. The predicted octanol–water partition coefficient (Wildman–Crippen LogP) is -2.80. The molecule has 0 aromatic heterocycles. The molecule has 0 aromatic rings. The summed E-state index contributed by atoms with van der Waals surface area (Å²) >= 11 is 0. The van der Waals surface area contributed by atoms with Gasteiger partial charge in [-0.1, -0.05) is 0 Å². The number of rotatable bonds is 0. The topological polar surface area (TPSA) is 92.0 Å². The Morgan fingerprint density at radius 1 is 1.33 bits per heavy atom. The monoisotopic (exact) mass is 216 g/mol. The van der Waals surface area contributed by atoms with Crippen molar-refractivity contribution in [3.05, 3.63) is 0 Å². The normalized spacial score (nSPS) is 4.50. The third-order valence-corrected chi connectivity index (χ3v) is 0. The van der Waals surface area contributed by atoms with Crippen LogP contribution in [0.5, 0.6) is 0 Å². The maximum atomic E-state index is 8.64. The van der Waals surface area contributed by atoms with E-state index in [1.54, 1.807) is 0 Å². The van der Waals surface area contributed by atoms with Crippen LogP contribution in [-0.4, -0.2) is 17.4 Å². The minimum atomic E-state index is -2.42. The molecule has 0 aliphatic carbocycles. The molecule has 0 aliphatic rings. The standard InChI is InChI=1S/BH2O3.La.O/c2-1(3)4;;/h2-3H;;/q-1;+3;-2. The number of hydrogen-bond donors (Lipinski definition) is 2. The third-order valence-electron chi connectivity index (χ3n) is 0. The van der Waals surface area contributed by atoms with E-state index in [-0.39, 0.29) is 41.1 Å². The molecule has 0 fully saturated rings. The van der Waals surface area contributed by atoms with Gasteiger partial charge in [-0.3, -0.25) is 0 Å². The second kappa shape index (κ2) is 9.44. The Kier molecular flexibility index (Phi) is 24.7. The molecule has 2 N–H and O–H groups in total. The summed E-state index contributed by atoms with van der Waals surface area (Å²) in [5.41, 5.74) is 0. The van der Waals surface area contributed by atoms with Crippen molar-refractivity contribution >= 4 is 7.32 Å². The summed E-state index contributed by atoms with van der Waals surface area (Å²) in [5, 5.41) is 22.8. The summed E-state index contributed by atoms with van der Waals surface area (Å²) in [6.07, 6.45) is 0. The van der Waals surface area contributed by atoms with Crippen LogP contribution in [-0.2, 0) is 5.48 Å². The van der Waals surface area contributed by atoms with E-state index in [1.807, 2.05) is 0 Å². The Labute approximate surface area is 63.3 Å². The molecule has 0 bridgehead atoms. The van der Waals surface area contributed by atoms with Crippen molar-refractivity contribution in [3.8, 4) is 0 Å². The average Bonchev–Trinajstić information content (AvgIpc) is 0.811. The summed E-state index contributed by atoms with van der Waals surface area (Å²) < 4.78 is 0. The fraction of sp³-hybridized carbons (Fsp3) is 0. The Hall–Kier alpha value is 1.10. The van der Waals surface area contributed by atoms with Gasteiger partial charge < -0.3 is 20.5 Å². The quantitative estimate of drug-likeness (QED) is 0.428. The molecule has 0 saturated heterocycles. The first kappa shape index (κ1) is 15.7. The Morgan fingerprint density at radius 3 is 1.33 bits per heavy atom. The van der Waals surface area contributed by atoms with Gasteiger partial charge in [0.25, 0.3) is 0 Å². The molecule has 0 aromatic carbocycles. The van der Waals surface area contributed by atoms with Gasteiger partial charge in [0.15, 0.2) is 0 Å². The summed E-state index contributed by atoms with van der Waals surface area (Å²) in [6.45, 7) is 0. The molecule has 0 saturated carbocycles. The minimum Gasteiger partial charge on any atom is -2.00 e. The Morgan fingerprint density at radius 2 is 1.33 bits per heavy atom. The van der Waals surface area contributed by atoms with Gasteiger partial charge in [-0.15, -0.1) is 0 Å². The van der Waals surface area contributed by atoms with Crippen molar-refractivity contribution in [1.29, 1.82) is 0 Å². The first-order valence-electron chi connectivity index (χ1n) is 0.752. The van der Waals surface area contributed by atoms with Crippen LogP contribution in [0.2, 0.25) is 0 Å². The largest absolute Gasteiger partial charge is 3.00 e. The average molecular weight is 216 g/mol. The van der Waals surface area contributed by atoms with Crippen LogP contribution in [0.15, 0.2) is 0 Å². The van der Waals surface area contributed by atoms with E-state index in [0.29, 0.717) is 0 Å². The van der Waals surface area contributed by atoms with Gasteiger partial charge in [-0.25, -0.2) is 0 Å².